The summed E-state index contributed by atoms with van der Waals surface area (Å²) < 4.78 is 11.2. The van der Waals surface area contributed by atoms with Crippen LogP contribution in [0.25, 0.3) is 0 Å². The van der Waals surface area contributed by atoms with Gasteiger partial charge in [0.15, 0.2) is 5.82 Å². The van der Waals surface area contributed by atoms with Crippen LogP contribution in [0.15, 0.2) is 0 Å². The summed E-state index contributed by atoms with van der Waals surface area (Å²) in [5.41, 5.74) is 2.51. The Bertz CT molecular complexity index is 459. The molecule has 1 aliphatic carbocycles. The van der Waals surface area contributed by atoms with Crippen LogP contribution in [0.4, 0.5) is 5.82 Å². The van der Waals surface area contributed by atoms with Crippen LogP contribution in [0.2, 0.25) is 0 Å². The highest BCUT2D eigenvalue weighted by atomic mass is 16.6. The lowest BCUT2D eigenvalue weighted by molar-refractivity contribution is -0.0935. The minimum Gasteiger partial charge on any atom is -0.376 e. The highest BCUT2D eigenvalue weighted by Crippen LogP contribution is 2.28. The van der Waals surface area contributed by atoms with Gasteiger partial charge in [0.2, 0.25) is 0 Å². The summed E-state index contributed by atoms with van der Waals surface area (Å²) in [6, 6.07) is 0. The molecule has 3 rings (SSSR count). The van der Waals surface area contributed by atoms with E-state index in [2.05, 4.69) is 12.2 Å². The van der Waals surface area contributed by atoms with E-state index in [0.29, 0.717) is 19.8 Å². The maximum atomic E-state index is 5.74. The number of rotatable bonds is 4. The van der Waals surface area contributed by atoms with Crippen molar-refractivity contribution in [2.24, 2.45) is 0 Å². The molecule has 1 aromatic rings. The fourth-order valence-corrected chi connectivity index (χ4v) is 2.78. The maximum absolute atomic E-state index is 5.74. The van der Waals surface area contributed by atoms with Gasteiger partial charge in [-0.2, -0.15) is 0 Å². The van der Waals surface area contributed by atoms with Crippen molar-refractivity contribution in [3.63, 3.8) is 0 Å². The molecule has 1 N–H and O–H groups in total. The molecule has 1 atom stereocenters. The molecule has 20 heavy (non-hydrogen) atoms. The number of nitrogens with one attached hydrogen (secondary N) is 1. The number of nitrogens with zero attached hydrogens (tertiary/aromatic N) is 2. The molecule has 1 saturated heterocycles. The quantitative estimate of drug-likeness (QED) is 0.915. The summed E-state index contributed by atoms with van der Waals surface area (Å²) in [4.78, 5) is 9.47. The van der Waals surface area contributed by atoms with Gasteiger partial charge in [-0.1, -0.05) is 6.92 Å². The Morgan fingerprint density at radius 3 is 2.90 bits per heavy atom. The zero-order valence-electron chi connectivity index (χ0n) is 12.2. The van der Waals surface area contributed by atoms with Crippen molar-refractivity contribution in [2.75, 3.05) is 31.7 Å². The summed E-state index contributed by atoms with van der Waals surface area (Å²) in [6.45, 7) is 4.97. The van der Waals surface area contributed by atoms with Gasteiger partial charge in [0, 0.05) is 17.8 Å². The van der Waals surface area contributed by atoms with Gasteiger partial charge >= 0.3 is 0 Å². The first-order valence-corrected chi connectivity index (χ1v) is 7.71. The molecule has 0 aromatic carbocycles. The van der Waals surface area contributed by atoms with Gasteiger partial charge in [0.1, 0.15) is 11.9 Å². The number of aromatic nitrogens is 2. The van der Waals surface area contributed by atoms with Crippen LogP contribution in [-0.2, 0) is 22.3 Å². The standard InChI is InChI=1S/C15H23N3O2/c1-2-7-16-14-11-5-3-4-6-12(11)17-15(18-14)13-10-19-8-9-20-13/h13H,2-10H2,1H3,(H,16,17,18). The molecule has 1 fully saturated rings. The third-order valence-corrected chi connectivity index (χ3v) is 3.85. The third kappa shape index (κ3) is 2.94. The molecule has 0 spiro atoms. The van der Waals surface area contributed by atoms with Gasteiger partial charge in [0.25, 0.3) is 0 Å². The minimum atomic E-state index is -0.113. The van der Waals surface area contributed by atoms with E-state index in [1.165, 1.54) is 24.1 Å². The number of ether oxygens (including phenoxy) is 2. The topological polar surface area (TPSA) is 56.3 Å². The molecule has 1 aromatic heterocycles. The van der Waals surface area contributed by atoms with E-state index in [0.717, 1.165) is 37.4 Å². The maximum Gasteiger partial charge on any atom is 0.162 e. The average molecular weight is 277 g/mol. The number of fused-ring (bicyclic) bond motifs is 1. The zero-order valence-corrected chi connectivity index (χ0v) is 12.2. The van der Waals surface area contributed by atoms with Crippen LogP contribution in [-0.4, -0.2) is 36.3 Å². The van der Waals surface area contributed by atoms with E-state index in [9.17, 15) is 0 Å². The highest BCUT2D eigenvalue weighted by Gasteiger charge is 2.24. The smallest absolute Gasteiger partial charge is 0.162 e. The predicted octanol–water partition coefficient (Wildman–Crippen LogP) is 2.27. The summed E-state index contributed by atoms with van der Waals surface area (Å²) in [5.74, 6) is 1.80. The number of hydrogen-bond acceptors (Lipinski definition) is 5. The highest BCUT2D eigenvalue weighted by molar-refractivity contribution is 5.48. The van der Waals surface area contributed by atoms with Crippen LogP contribution < -0.4 is 5.32 Å². The first kappa shape index (κ1) is 13.8. The summed E-state index contributed by atoms with van der Waals surface area (Å²) in [6.07, 6.45) is 5.58. The van der Waals surface area contributed by atoms with E-state index in [1.54, 1.807) is 0 Å². The van der Waals surface area contributed by atoms with Crippen molar-refractivity contribution in [1.29, 1.82) is 0 Å². The van der Waals surface area contributed by atoms with Crippen molar-refractivity contribution in [2.45, 2.75) is 45.1 Å². The lowest BCUT2D eigenvalue weighted by Gasteiger charge is -2.25. The van der Waals surface area contributed by atoms with Gasteiger partial charge in [-0.3, -0.25) is 0 Å². The first-order valence-electron chi connectivity index (χ1n) is 7.71. The van der Waals surface area contributed by atoms with Crippen molar-refractivity contribution < 1.29 is 9.47 Å². The zero-order chi connectivity index (χ0) is 13.8. The van der Waals surface area contributed by atoms with Gasteiger partial charge in [0.05, 0.1) is 19.8 Å². The number of aryl methyl sites for hydroxylation is 1. The van der Waals surface area contributed by atoms with Crippen LogP contribution in [0, 0.1) is 0 Å². The molecule has 110 valence electrons. The van der Waals surface area contributed by atoms with E-state index in [4.69, 9.17) is 19.4 Å². The average Bonchev–Trinajstić information content (AvgIpc) is 2.53. The van der Waals surface area contributed by atoms with Gasteiger partial charge in [-0.05, 0) is 32.1 Å². The SMILES string of the molecule is CCCNc1nc(C2COCCO2)nc2c1CCCC2. The molecule has 0 bridgehead atoms. The monoisotopic (exact) mass is 277 g/mol. The van der Waals surface area contributed by atoms with Crippen molar-refractivity contribution >= 4 is 5.82 Å². The van der Waals surface area contributed by atoms with Crippen LogP contribution in [0.3, 0.4) is 0 Å². The molecule has 5 heteroatoms. The lowest BCUT2D eigenvalue weighted by Crippen LogP contribution is -2.25. The molecule has 0 saturated carbocycles. The number of hydrogen-bond donors (Lipinski definition) is 1. The third-order valence-electron chi connectivity index (χ3n) is 3.85. The van der Waals surface area contributed by atoms with Crippen molar-refractivity contribution in [3.8, 4) is 0 Å². The molecular weight excluding hydrogens is 254 g/mol. The van der Waals surface area contributed by atoms with Crippen LogP contribution in [0.5, 0.6) is 0 Å². The second-order valence-corrected chi connectivity index (χ2v) is 5.42. The Morgan fingerprint density at radius 1 is 1.20 bits per heavy atom. The predicted molar refractivity (Wildman–Crippen MR) is 77.0 cm³/mol. The molecule has 0 amide bonds. The summed E-state index contributed by atoms with van der Waals surface area (Å²) in [5, 5.41) is 3.45. The van der Waals surface area contributed by atoms with Gasteiger partial charge in [-0.25, -0.2) is 9.97 Å². The number of anilines is 1. The second kappa shape index (κ2) is 6.50. The second-order valence-electron chi connectivity index (χ2n) is 5.42. The fourth-order valence-electron chi connectivity index (χ4n) is 2.78. The molecule has 5 nitrogen and oxygen atoms in total. The van der Waals surface area contributed by atoms with Crippen molar-refractivity contribution in [3.05, 3.63) is 17.1 Å². The van der Waals surface area contributed by atoms with Crippen LogP contribution >= 0.6 is 0 Å². The van der Waals surface area contributed by atoms with Gasteiger partial charge < -0.3 is 14.8 Å². The molecule has 1 aliphatic heterocycles. The summed E-state index contributed by atoms with van der Waals surface area (Å²) >= 11 is 0. The largest absolute Gasteiger partial charge is 0.376 e. The van der Waals surface area contributed by atoms with E-state index >= 15 is 0 Å². The molecule has 2 aliphatic rings. The fraction of sp³-hybridized carbons (Fsp3) is 0.733. The lowest BCUT2D eigenvalue weighted by atomic mass is 9.96. The molecular formula is C15H23N3O2. The Morgan fingerprint density at radius 2 is 2.10 bits per heavy atom. The Labute approximate surface area is 120 Å². The minimum absolute atomic E-state index is 0.113. The molecule has 1 unspecified atom stereocenters. The molecule has 2 heterocycles. The van der Waals surface area contributed by atoms with Crippen molar-refractivity contribution in [1.82, 2.24) is 9.97 Å². The van der Waals surface area contributed by atoms with E-state index in [1.807, 2.05) is 0 Å². The Hall–Kier alpha value is -1.20. The van der Waals surface area contributed by atoms with E-state index in [-0.39, 0.29) is 6.10 Å². The van der Waals surface area contributed by atoms with E-state index < -0.39 is 0 Å². The normalized spacial score (nSPS) is 22.4. The van der Waals surface area contributed by atoms with Gasteiger partial charge in [-0.15, -0.1) is 0 Å². The summed E-state index contributed by atoms with van der Waals surface area (Å²) in [7, 11) is 0. The Balaban J connectivity index is 1.89. The molecule has 0 radical (unpaired) electrons. The first-order chi connectivity index (χ1) is 9.88. The Kier molecular flexibility index (Phi) is 4.47. The van der Waals surface area contributed by atoms with Crippen LogP contribution in [0.1, 0.15) is 49.4 Å².